The van der Waals surface area contributed by atoms with E-state index in [2.05, 4.69) is 4.74 Å². The number of amides is 1. The van der Waals surface area contributed by atoms with Crippen molar-refractivity contribution in [2.45, 2.75) is 18.1 Å². The SMILES string of the molecule is COC(=O)c1ccc(CC2CC(=O)NS2(=O)=O)cc1. The van der Waals surface area contributed by atoms with E-state index in [9.17, 15) is 18.0 Å². The molecule has 19 heavy (non-hydrogen) atoms. The van der Waals surface area contributed by atoms with E-state index in [0.29, 0.717) is 5.56 Å². The fourth-order valence-corrected chi connectivity index (χ4v) is 3.29. The van der Waals surface area contributed by atoms with Gasteiger partial charge in [0, 0.05) is 6.42 Å². The Labute approximate surface area is 110 Å². The molecule has 0 radical (unpaired) electrons. The topological polar surface area (TPSA) is 89.5 Å². The van der Waals surface area contributed by atoms with Gasteiger partial charge in [-0.1, -0.05) is 12.1 Å². The van der Waals surface area contributed by atoms with Gasteiger partial charge in [0.15, 0.2) is 0 Å². The number of hydrogen-bond donors (Lipinski definition) is 1. The van der Waals surface area contributed by atoms with Gasteiger partial charge in [0.1, 0.15) is 0 Å². The zero-order chi connectivity index (χ0) is 14.0. The second-order valence-corrected chi connectivity index (χ2v) is 6.25. The van der Waals surface area contributed by atoms with Crippen molar-refractivity contribution < 1.29 is 22.7 Å². The second kappa shape index (κ2) is 5.00. The smallest absolute Gasteiger partial charge is 0.337 e. The van der Waals surface area contributed by atoms with Crippen LogP contribution in [0.15, 0.2) is 24.3 Å². The van der Waals surface area contributed by atoms with E-state index in [-0.39, 0.29) is 12.8 Å². The van der Waals surface area contributed by atoms with Gasteiger partial charge in [-0.05, 0) is 24.1 Å². The lowest BCUT2D eigenvalue weighted by Crippen LogP contribution is -2.26. The lowest BCUT2D eigenvalue weighted by Gasteiger charge is -2.08. The van der Waals surface area contributed by atoms with Gasteiger partial charge >= 0.3 is 5.97 Å². The number of ether oxygens (including phenoxy) is 1. The predicted molar refractivity (Wildman–Crippen MR) is 67.0 cm³/mol. The summed E-state index contributed by atoms with van der Waals surface area (Å²) >= 11 is 0. The van der Waals surface area contributed by atoms with E-state index in [0.717, 1.165) is 5.56 Å². The highest BCUT2D eigenvalue weighted by molar-refractivity contribution is 7.91. The molecule has 1 aliphatic rings. The van der Waals surface area contributed by atoms with Gasteiger partial charge in [0.2, 0.25) is 15.9 Å². The van der Waals surface area contributed by atoms with Crippen molar-refractivity contribution in [1.29, 1.82) is 0 Å². The van der Waals surface area contributed by atoms with E-state index in [1.807, 2.05) is 4.72 Å². The normalized spacial score (nSPS) is 20.9. The number of benzene rings is 1. The van der Waals surface area contributed by atoms with Crippen molar-refractivity contribution in [2.75, 3.05) is 7.11 Å². The number of carbonyl (C=O) groups is 2. The first-order valence-corrected chi connectivity index (χ1v) is 7.19. The first kappa shape index (κ1) is 13.5. The van der Waals surface area contributed by atoms with Crippen LogP contribution >= 0.6 is 0 Å². The molecule has 1 atom stereocenters. The van der Waals surface area contributed by atoms with E-state index in [1.165, 1.54) is 7.11 Å². The third kappa shape index (κ3) is 2.93. The van der Waals surface area contributed by atoms with Crippen molar-refractivity contribution in [3.05, 3.63) is 35.4 Å². The van der Waals surface area contributed by atoms with Crippen molar-refractivity contribution in [3.8, 4) is 0 Å². The van der Waals surface area contributed by atoms with Gasteiger partial charge in [-0.3, -0.25) is 9.52 Å². The quantitative estimate of drug-likeness (QED) is 0.802. The van der Waals surface area contributed by atoms with Gasteiger partial charge in [-0.15, -0.1) is 0 Å². The number of nitrogens with one attached hydrogen (secondary N) is 1. The highest BCUT2D eigenvalue weighted by atomic mass is 32.2. The predicted octanol–water partition coefficient (Wildman–Crippen LogP) is 0.234. The molecule has 1 aliphatic heterocycles. The molecule has 1 saturated heterocycles. The number of methoxy groups -OCH3 is 1. The molecule has 0 spiro atoms. The number of sulfonamides is 1. The van der Waals surface area contributed by atoms with Crippen LogP contribution in [0.5, 0.6) is 0 Å². The summed E-state index contributed by atoms with van der Waals surface area (Å²) in [6, 6.07) is 6.45. The molecule has 1 N–H and O–H groups in total. The standard InChI is InChI=1S/C12H13NO5S/c1-18-12(15)9-4-2-8(3-5-9)6-10-7-11(14)13-19(10,16)17/h2-5,10H,6-7H2,1H3,(H,13,14). The fraction of sp³-hybridized carbons (Fsp3) is 0.333. The van der Waals surface area contributed by atoms with Crippen molar-refractivity contribution in [3.63, 3.8) is 0 Å². The molecule has 1 aromatic carbocycles. The second-order valence-electron chi connectivity index (χ2n) is 4.29. The molecule has 0 aromatic heterocycles. The maximum atomic E-state index is 11.6. The molecule has 102 valence electrons. The Morgan fingerprint density at radius 1 is 1.37 bits per heavy atom. The molecule has 1 amide bonds. The molecule has 1 fully saturated rings. The van der Waals surface area contributed by atoms with Gasteiger partial charge in [0.25, 0.3) is 0 Å². The monoisotopic (exact) mass is 283 g/mol. The maximum absolute atomic E-state index is 11.6. The van der Waals surface area contributed by atoms with E-state index < -0.39 is 27.1 Å². The summed E-state index contributed by atoms with van der Waals surface area (Å²) in [6.45, 7) is 0. The third-order valence-electron chi connectivity index (χ3n) is 2.95. The minimum Gasteiger partial charge on any atom is -0.465 e. The molecule has 2 rings (SSSR count). The Hall–Kier alpha value is -1.89. The van der Waals surface area contributed by atoms with Crippen LogP contribution in [-0.4, -0.2) is 32.7 Å². The van der Waals surface area contributed by atoms with E-state index in [1.54, 1.807) is 24.3 Å². The number of carbonyl (C=O) groups excluding carboxylic acids is 2. The number of esters is 1. The Balaban J connectivity index is 2.12. The molecular weight excluding hydrogens is 270 g/mol. The van der Waals surface area contributed by atoms with Crippen LogP contribution in [0.4, 0.5) is 0 Å². The van der Waals surface area contributed by atoms with Gasteiger partial charge in [-0.2, -0.15) is 0 Å². The third-order valence-corrected chi connectivity index (χ3v) is 4.67. The number of hydrogen-bond acceptors (Lipinski definition) is 5. The van der Waals surface area contributed by atoms with Gasteiger partial charge < -0.3 is 4.74 Å². The van der Waals surface area contributed by atoms with E-state index in [4.69, 9.17) is 0 Å². The first-order chi connectivity index (χ1) is 8.92. The average Bonchev–Trinajstić information content (AvgIpc) is 2.62. The largest absolute Gasteiger partial charge is 0.465 e. The minimum absolute atomic E-state index is 0.0267. The maximum Gasteiger partial charge on any atom is 0.337 e. The molecule has 6 nitrogen and oxygen atoms in total. The summed E-state index contributed by atoms with van der Waals surface area (Å²) < 4.78 is 29.7. The molecule has 1 heterocycles. The van der Waals surface area contributed by atoms with Crippen molar-refractivity contribution >= 4 is 21.9 Å². The summed E-state index contributed by atoms with van der Waals surface area (Å²) in [5, 5.41) is -0.746. The summed E-state index contributed by atoms with van der Waals surface area (Å²) in [4.78, 5) is 22.3. The molecule has 0 aliphatic carbocycles. The molecule has 0 saturated carbocycles. The summed E-state index contributed by atoms with van der Waals surface area (Å²) in [6.07, 6.45) is 0.212. The Morgan fingerprint density at radius 3 is 2.47 bits per heavy atom. The highest BCUT2D eigenvalue weighted by Gasteiger charge is 2.36. The van der Waals surface area contributed by atoms with Gasteiger partial charge in [-0.25, -0.2) is 13.2 Å². The van der Waals surface area contributed by atoms with Crippen LogP contribution in [0.3, 0.4) is 0 Å². The molecule has 7 heteroatoms. The van der Waals surface area contributed by atoms with Gasteiger partial charge in [0.05, 0.1) is 17.9 Å². The molecule has 1 unspecified atom stereocenters. The molecular formula is C12H13NO5S. The fourth-order valence-electron chi connectivity index (χ4n) is 1.94. The highest BCUT2D eigenvalue weighted by Crippen LogP contribution is 2.18. The zero-order valence-corrected chi connectivity index (χ0v) is 11.1. The Morgan fingerprint density at radius 2 is 2.00 bits per heavy atom. The first-order valence-electron chi connectivity index (χ1n) is 5.64. The van der Waals surface area contributed by atoms with Crippen LogP contribution in [0.25, 0.3) is 0 Å². The average molecular weight is 283 g/mol. The molecule has 1 aromatic rings. The summed E-state index contributed by atoms with van der Waals surface area (Å²) in [5.74, 6) is -0.923. The lowest BCUT2D eigenvalue weighted by atomic mass is 10.1. The Kier molecular flexibility index (Phi) is 3.57. The zero-order valence-electron chi connectivity index (χ0n) is 10.3. The van der Waals surface area contributed by atoms with E-state index >= 15 is 0 Å². The van der Waals surface area contributed by atoms with Crippen molar-refractivity contribution in [1.82, 2.24) is 4.72 Å². The summed E-state index contributed by atoms with van der Waals surface area (Å²) in [5.41, 5.74) is 1.15. The van der Waals surface area contributed by atoms with Crippen LogP contribution in [0, 0.1) is 0 Å². The Bertz CT molecular complexity index is 606. The van der Waals surface area contributed by atoms with Crippen LogP contribution < -0.4 is 4.72 Å². The van der Waals surface area contributed by atoms with Crippen LogP contribution in [0.1, 0.15) is 22.3 Å². The summed E-state index contributed by atoms with van der Waals surface area (Å²) in [7, 11) is -2.27. The molecule has 0 bridgehead atoms. The van der Waals surface area contributed by atoms with Crippen molar-refractivity contribution in [2.24, 2.45) is 0 Å². The number of rotatable bonds is 3. The minimum atomic E-state index is -3.56. The van der Waals surface area contributed by atoms with Crippen LogP contribution in [-0.2, 0) is 26.0 Å². The van der Waals surface area contributed by atoms with Crippen LogP contribution in [0.2, 0.25) is 0 Å². The lowest BCUT2D eigenvalue weighted by molar-refractivity contribution is -0.118.